The predicted octanol–water partition coefficient (Wildman–Crippen LogP) is 3.63. The van der Waals surface area contributed by atoms with E-state index in [1.165, 1.54) is 0 Å². The van der Waals surface area contributed by atoms with Crippen molar-refractivity contribution in [1.29, 1.82) is 0 Å². The fourth-order valence-electron chi connectivity index (χ4n) is 2.61. The van der Waals surface area contributed by atoms with Gasteiger partial charge in [-0.05, 0) is 24.3 Å². The molecule has 0 aliphatic rings. The number of aromatic nitrogens is 3. The molecular weight excluding hydrogens is 286 g/mol. The molecule has 0 bridgehead atoms. The van der Waals surface area contributed by atoms with Gasteiger partial charge in [0, 0.05) is 18.0 Å². The van der Waals surface area contributed by atoms with Crippen molar-refractivity contribution in [3.63, 3.8) is 0 Å². The monoisotopic (exact) mass is 299 g/mol. The molecule has 3 aromatic heterocycles. The molecule has 0 aliphatic carbocycles. The van der Waals surface area contributed by atoms with Crippen molar-refractivity contribution in [2.75, 3.05) is 0 Å². The molecule has 23 heavy (non-hydrogen) atoms. The molecule has 0 saturated heterocycles. The van der Waals surface area contributed by atoms with Crippen molar-refractivity contribution in [2.24, 2.45) is 0 Å². The van der Waals surface area contributed by atoms with E-state index in [1.807, 2.05) is 59.1 Å². The summed E-state index contributed by atoms with van der Waals surface area (Å²) in [6.45, 7) is 0. The minimum atomic E-state index is -0.170. The molecule has 110 valence electrons. The smallest absolute Gasteiger partial charge is 0.231 e. The summed E-state index contributed by atoms with van der Waals surface area (Å²) in [6.07, 6.45) is 3.53. The fraction of sp³-hybridized carbons (Fsp3) is 0. The first-order valence-electron chi connectivity index (χ1n) is 7.33. The van der Waals surface area contributed by atoms with Crippen molar-refractivity contribution in [3.05, 3.63) is 90.5 Å². The second-order valence-electron chi connectivity index (χ2n) is 5.15. The Bertz CT molecular complexity index is 975. The van der Waals surface area contributed by atoms with Gasteiger partial charge in [0.1, 0.15) is 17.2 Å². The zero-order valence-electron chi connectivity index (χ0n) is 12.3. The van der Waals surface area contributed by atoms with E-state index in [0.29, 0.717) is 11.4 Å². The summed E-state index contributed by atoms with van der Waals surface area (Å²) in [5.74, 6) is 0.581. The molecule has 0 saturated carbocycles. The third-order valence-corrected chi connectivity index (χ3v) is 3.69. The Balaban J connectivity index is 1.94. The highest BCUT2D eigenvalue weighted by atomic mass is 16.1. The maximum atomic E-state index is 12.8. The highest BCUT2D eigenvalue weighted by molar-refractivity contribution is 6.11. The molecule has 0 radical (unpaired) electrons. The number of nitrogens with zero attached hydrogens (tertiary/aromatic N) is 3. The van der Waals surface area contributed by atoms with Crippen LogP contribution in [0.1, 0.15) is 16.2 Å². The first kappa shape index (κ1) is 13.4. The minimum absolute atomic E-state index is 0.170. The van der Waals surface area contributed by atoms with Crippen LogP contribution in [0.5, 0.6) is 0 Å². The lowest BCUT2D eigenvalue weighted by molar-refractivity contribution is 0.103. The Hall–Kier alpha value is -3.27. The molecule has 0 N–H and O–H groups in total. The van der Waals surface area contributed by atoms with Crippen molar-refractivity contribution >= 4 is 11.3 Å². The number of hydrogen-bond acceptors (Lipinski definition) is 3. The van der Waals surface area contributed by atoms with Crippen LogP contribution in [0.4, 0.5) is 0 Å². The zero-order valence-corrected chi connectivity index (χ0v) is 12.3. The standard InChI is InChI=1S/C19H13N3O/c23-18(15-10-4-6-12-20-15)17-16-11-5-7-13-22(16)19(21-17)14-8-2-1-3-9-14/h1-13H. The number of ketones is 1. The third kappa shape index (κ3) is 2.30. The number of carbonyl (C=O) groups excluding carboxylic acids is 1. The number of benzene rings is 1. The van der Waals surface area contributed by atoms with Gasteiger partial charge in [-0.15, -0.1) is 0 Å². The van der Waals surface area contributed by atoms with Crippen molar-refractivity contribution in [2.45, 2.75) is 0 Å². The van der Waals surface area contributed by atoms with Crippen LogP contribution in [0.2, 0.25) is 0 Å². The van der Waals surface area contributed by atoms with Crippen molar-refractivity contribution < 1.29 is 4.79 Å². The number of rotatable bonds is 3. The molecule has 0 unspecified atom stereocenters. The number of carbonyl (C=O) groups is 1. The van der Waals surface area contributed by atoms with Gasteiger partial charge in [-0.1, -0.05) is 42.5 Å². The third-order valence-electron chi connectivity index (χ3n) is 3.69. The Labute approximate surface area is 133 Å². The maximum absolute atomic E-state index is 12.8. The van der Waals surface area contributed by atoms with Crippen molar-refractivity contribution in [1.82, 2.24) is 14.4 Å². The van der Waals surface area contributed by atoms with E-state index in [-0.39, 0.29) is 5.78 Å². The van der Waals surface area contributed by atoms with E-state index < -0.39 is 0 Å². The van der Waals surface area contributed by atoms with Crippen molar-refractivity contribution in [3.8, 4) is 11.4 Å². The van der Waals surface area contributed by atoms with Gasteiger partial charge >= 0.3 is 0 Å². The average molecular weight is 299 g/mol. The average Bonchev–Trinajstić information content (AvgIpc) is 3.02. The van der Waals surface area contributed by atoms with Crippen LogP contribution in [0.15, 0.2) is 79.1 Å². The van der Waals surface area contributed by atoms with E-state index >= 15 is 0 Å². The summed E-state index contributed by atoms with van der Waals surface area (Å²) in [7, 11) is 0. The lowest BCUT2D eigenvalue weighted by Gasteiger charge is -2.00. The van der Waals surface area contributed by atoms with Gasteiger partial charge < -0.3 is 0 Å². The van der Waals surface area contributed by atoms with E-state index in [2.05, 4.69) is 9.97 Å². The molecule has 4 nitrogen and oxygen atoms in total. The highest BCUT2D eigenvalue weighted by Crippen LogP contribution is 2.23. The van der Waals surface area contributed by atoms with Gasteiger partial charge in [-0.25, -0.2) is 4.98 Å². The largest absolute Gasteiger partial charge is 0.299 e. The lowest BCUT2D eigenvalue weighted by Crippen LogP contribution is -2.04. The summed E-state index contributed by atoms with van der Waals surface area (Å²) in [6, 6.07) is 20.9. The van der Waals surface area contributed by atoms with Crippen LogP contribution in [-0.2, 0) is 0 Å². The summed E-state index contributed by atoms with van der Waals surface area (Å²) < 4.78 is 1.94. The van der Waals surface area contributed by atoms with Crippen LogP contribution in [0, 0.1) is 0 Å². The van der Waals surface area contributed by atoms with E-state index in [0.717, 1.165) is 16.9 Å². The topological polar surface area (TPSA) is 47.3 Å². The summed E-state index contributed by atoms with van der Waals surface area (Å²) in [4.78, 5) is 21.5. The minimum Gasteiger partial charge on any atom is -0.299 e. The Morgan fingerprint density at radius 1 is 0.870 bits per heavy atom. The van der Waals surface area contributed by atoms with Crippen LogP contribution < -0.4 is 0 Å². The van der Waals surface area contributed by atoms with E-state index in [9.17, 15) is 4.79 Å². The molecule has 0 amide bonds. The number of hydrogen-bond donors (Lipinski definition) is 0. The highest BCUT2D eigenvalue weighted by Gasteiger charge is 2.20. The van der Waals surface area contributed by atoms with Crippen LogP contribution in [0.25, 0.3) is 16.9 Å². The molecule has 1 aromatic carbocycles. The van der Waals surface area contributed by atoms with Gasteiger partial charge in [-0.2, -0.15) is 0 Å². The van der Waals surface area contributed by atoms with E-state index in [1.54, 1.807) is 24.4 Å². The molecule has 0 fully saturated rings. The lowest BCUT2D eigenvalue weighted by atomic mass is 10.2. The van der Waals surface area contributed by atoms with Gasteiger partial charge in [-0.3, -0.25) is 14.2 Å². The van der Waals surface area contributed by atoms with Gasteiger partial charge in [0.25, 0.3) is 0 Å². The Morgan fingerprint density at radius 3 is 2.43 bits per heavy atom. The van der Waals surface area contributed by atoms with Gasteiger partial charge in [0.2, 0.25) is 5.78 Å². The molecule has 3 heterocycles. The molecule has 4 aromatic rings. The first-order valence-corrected chi connectivity index (χ1v) is 7.33. The molecule has 0 aliphatic heterocycles. The predicted molar refractivity (Wildman–Crippen MR) is 88.3 cm³/mol. The SMILES string of the molecule is O=C(c1ccccn1)c1nc(-c2ccccc2)n2ccccc12. The summed E-state index contributed by atoms with van der Waals surface area (Å²) in [5, 5.41) is 0. The maximum Gasteiger partial charge on any atom is 0.231 e. The molecule has 4 rings (SSSR count). The molecule has 0 atom stereocenters. The molecule has 4 heteroatoms. The van der Waals surface area contributed by atoms with Crippen LogP contribution in [-0.4, -0.2) is 20.2 Å². The second-order valence-corrected chi connectivity index (χ2v) is 5.15. The normalized spacial score (nSPS) is 10.8. The zero-order chi connectivity index (χ0) is 15.6. The van der Waals surface area contributed by atoms with Gasteiger partial charge in [0.15, 0.2) is 0 Å². The fourth-order valence-corrected chi connectivity index (χ4v) is 2.61. The summed E-state index contributed by atoms with van der Waals surface area (Å²) >= 11 is 0. The number of pyridine rings is 2. The Kier molecular flexibility index (Phi) is 3.20. The quantitative estimate of drug-likeness (QED) is 0.543. The van der Waals surface area contributed by atoms with E-state index in [4.69, 9.17) is 0 Å². The second kappa shape index (κ2) is 5.50. The number of imidazole rings is 1. The molecule has 0 spiro atoms. The first-order chi connectivity index (χ1) is 11.3. The van der Waals surface area contributed by atoms with Gasteiger partial charge in [0.05, 0.1) is 5.52 Å². The Morgan fingerprint density at radius 2 is 1.65 bits per heavy atom. The summed E-state index contributed by atoms with van der Waals surface area (Å²) in [5.41, 5.74) is 2.56. The molecular formula is C19H13N3O. The van der Waals surface area contributed by atoms with Crippen LogP contribution >= 0.6 is 0 Å². The number of fused-ring (bicyclic) bond motifs is 1. The van der Waals surface area contributed by atoms with Crippen LogP contribution in [0.3, 0.4) is 0 Å².